The molecule has 0 spiro atoms. The number of aromatic nitrogens is 3. The first-order valence-electron chi connectivity index (χ1n) is 5.91. The summed E-state index contributed by atoms with van der Waals surface area (Å²) in [4.78, 5) is 0. The van der Waals surface area contributed by atoms with Crippen molar-refractivity contribution in [3.63, 3.8) is 0 Å². The molecule has 0 bridgehead atoms. The Morgan fingerprint density at radius 3 is 3.00 bits per heavy atom. The Bertz CT molecular complexity index is 435. The summed E-state index contributed by atoms with van der Waals surface area (Å²) in [7, 11) is 0. The van der Waals surface area contributed by atoms with E-state index in [4.69, 9.17) is 0 Å². The quantitative estimate of drug-likeness (QED) is 0.752. The number of aryl methyl sites for hydroxylation is 1. The summed E-state index contributed by atoms with van der Waals surface area (Å²) in [6.07, 6.45) is 2.28. The highest BCUT2D eigenvalue weighted by atomic mass is 15.4. The zero-order valence-corrected chi connectivity index (χ0v) is 9.69. The van der Waals surface area contributed by atoms with Crippen LogP contribution in [-0.4, -0.2) is 28.1 Å². The SMILES string of the molecule is CCCNCCCn1nnc2ccccc21. The van der Waals surface area contributed by atoms with E-state index in [9.17, 15) is 0 Å². The monoisotopic (exact) mass is 218 g/mol. The summed E-state index contributed by atoms with van der Waals surface area (Å²) in [5.41, 5.74) is 2.10. The van der Waals surface area contributed by atoms with Crippen LogP contribution in [0.4, 0.5) is 0 Å². The van der Waals surface area contributed by atoms with Crippen LogP contribution in [-0.2, 0) is 6.54 Å². The minimum Gasteiger partial charge on any atom is -0.317 e. The summed E-state index contributed by atoms with van der Waals surface area (Å²) in [5, 5.41) is 11.7. The van der Waals surface area contributed by atoms with Gasteiger partial charge in [0, 0.05) is 6.54 Å². The van der Waals surface area contributed by atoms with Crippen molar-refractivity contribution in [3.05, 3.63) is 24.3 Å². The Balaban J connectivity index is 1.89. The molecule has 0 saturated carbocycles. The molecule has 0 radical (unpaired) electrons. The van der Waals surface area contributed by atoms with E-state index in [1.165, 1.54) is 6.42 Å². The summed E-state index contributed by atoms with van der Waals surface area (Å²) < 4.78 is 1.98. The second kappa shape index (κ2) is 5.61. The molecule has 1 heterocycles. The Morgan fingerprint density at radius 1 is 1.25 bits per heavy atom. The van der Waals surface area contributed by atoms with Gasteiger partial charge in [0.05, 0.1) is 5.52 Å². The molecule has 0 aliphatic rings. The van der Waals surface area contributed by atoms with Crippen LogP contribution >= 0.6 is 0 Å². The number of hydrogen-bond acceptors (Lipinski definition) is 3. The molecule has 16 heavy (non-hydrogen) atoms. The molecule has 2 aromatic rings. The Kier molecular flexibility index (Phi) is 3.88. The van der Waals surface area contributed by atoms with Crippen LogP contribution < -0.4 is 5.32 Å². The van der Waals surface area contributed by atoms with Crippen LogP contribution in [0.25, 0.3) is 11.0 Å². The number of benzene rings is 1. The molecule has 0 saturated heterocycles. The molecule has 0 aliphatic heterocycles. The first-order valence-corrected chi connectivity index (χ1v) is 5.91. The molecular weight excluding hydrogens is 200 g/mol. The number of para-hydroxylation sites is 1. The van der Waals surface area contributed by atoms with Crippen molar-refractivity contribution in [2.24, 2.45) is 0 Å². The Labute approximate surface area is 95.6 Å². The van der Waals surface area contributed by atoms with Gasteiger partial charge in [0.2, 0.25) is 0 Å². The normalized spacial score (nSPS) is 11.1. The highest BCUT2D eigenvalue weighted by Gasteiger charge is 2.01. The average Bonchev–Trinajstić information content (AvgIpc) is 2.73. The largest absolute Gasteiger partial charge is 0.317 e. The van der Waals surface area contributed by atoms with Crippen LogP contribution in [0.2, 0.25) is 0 Å². The van der Waals surface area contributed by atoms with Gasteiger partial charge in [0.1, 0.15) is 5.52 Å². The van der Waals surface area contributed by atoms with E-state index < -0.39 is 0 Å². The molecule has 0 atom stereocenters. The minimum absolute atomic E-state index is 0.928. The van der Waals surface area contributed by atoms with Gasteiger partial charge in [-0.05, 0) is 38.1 Å². The second-order valence-corrected chi connectivity index (χ2v) is 3.90. The summed E-state index contributed by atoms with van der Waals surface area (Å²) >= 11 is 0. The number of rotatable bonds is 6. The smallest absolute Gasteiger partial charge is 0.113 e. The summed E-state index contributed by atoms with van der Waals surface area (Å²) in [6, 6.07) is 8.07. The predicted molar refractivity (Wildman–Crippen MR) is 65.3 cm³/mol. The molecule has 1 aromatic heterocycles. The molecule has 86 valence electrons. The number of hydrogen-bond donors (Lipinski definition) is 1. The Hall–Kier alpha value is -1.42. The predicted octanol–water partition coefficient (Wildman–Crippen LogP) is 1.82. The van der Waals surface area contributed by atoms with Crippen LogP contribution in [0.3, 0.4) is 0 Å². The molecular formula is C12H18N4. The van der Waals surface area contributed by atoms with Gasteiger partial charge in [0.15, 0.2) is 0 Å². The van der Waals surface area contributed by atoms with Gasteiger partial charge in [-0.1, -0.05) is 24.3 Å². The fourth-order valence-corrected chi connectivity index (χ4v) is 1.74. The maximum Gasteiger partial charge on any atom is 0.113 e. The van der Waals surface area contributed by atoms with E-state index in [0.717, 1.165) is 37.1 Å². The first kappa shape index (κ1) is 11.1. The van der Waals surface area contributed by atoms with Gasteiger partial charge in [-0.25, -0.2) is 4.68 Å². The summed E-state index contributed by atoms with van der Waals surface area (Å²) in [5.74, 6) is 0. The molecule has 2 rings (SSSR count). The van der Waals surface area contributed by atoms with Gasteiger partial charge in [-0.2, -0.15) is 0 Å². The fraction of sp³-hybridized carbons (Fsp3) is 0.500. The molecule has 0 aliphatic carbocycles. The number of nitrogens with zero attached hydrogens (tertiary/aromatic N) is 3. The van der Waals surface area contributed by atoms with Crippen LogP contribution in [0.1, 0.15) is 19.8 Å². The molecule has 0 fully saturated rings. The van der Waals surface area contributed by atoms with Crippen molar-refractivity contribution in [1.29, 1.82) is 0 Å². The third-order valence-electron chi connectivity index (χ3n) is 2.57. The second-order valence-electron chi connectivity index (χ2n) is 3.90. The van der Waals surface area contributed by atoms with Gasteiger partial charge < -0.3 is 5.32 Å². The van der Waals surface area contributed by atoms with E-state index in [1.807, 2.05) is 22.9 Å². The van der Waals surface area contributed by atoms with E-state index in [1.54, 1.807) is 0 Å². The van der Waals surface area contributed by atoms with Crippen molar-refractivity contribution in [1.82, 2.24) is 20.3 Å². The van der Waals surface area contributed by atoms with Crippen molar-refractivity contribution in [2.75, 3.05) is 13.1 Å². The third kappa shape index (κ3) is 2.58. The average molecular weight is 218 g/mol. The van der Waals surface area contributed by atoms with Crippen molar-refractivity contribution >= 4 is 11.0 Å². The highest BCUT2D eigenvalue weighted by Crippen LogP contribution is 2.09. The van der Waals surface area contributed by atoms with E-state index in [0.29, 0.717) is 0 Å². The van der Waals surface area contributed by atoms with E-state index >= 15 is 0 Å². The van der Waals surface area contributed by atoms with Crippen molar-refractivity contribution < 1.29 is 0 Å². The minimum atomic E-state index is 0.928. The molecule has 1 aromatic carbocycles. The van der Waals surface area contributed by atoms with Crippen molar-refractivity contribution in [3.8, 4) is 0 Å². The number of nitrogens with one attached hydrogen (secondary N) is 1. The zero-order chi connectivity index (χ0) is 11.2. The molecule has 4 heteroatoms. The van der Waals surface area contributed by atoms with Gasteiger partial charge >= 0.3 is 0 Å². The third-order valence-corrected chi connectivity index (χ3v) is 2.57. The molecule has 4 nitrogen and oxygen atoms in total. The zero-order valence-electron chi connectivity index (χ0n) is 9.69. The van der Waals surface area contributed by atoms with Gasteiger partial charge in [0.25, 0.3) is 0 Å². The molecule has 0 amide bonds. The van der Waals surface area contributed by atoms with E-state index in [-0.39, 0.29) is 0 Å². The maximum absolute atomic E-state index is 4.15. The van der Waals surface area contributed by atoms with Crippen LogP contribution in [0, 0.1) is 0 Å². The standard InChI is InChI=1S/C12H18N4/c1-2-8-13-9-5-10-16-12-7-4-3-6-11(12)14-15-16/h3-4,6-7,13H,2,5,8-10H2,1H3. The highest BCUT2D eigenvalue weighted by molar-refractivity contribution is 5.73. The van der Waals surface area contributed by atoms with Crippen LogP contribution in [0.15, 0.2) is 24.3 Å². The lowest BCUT2D eigenvalue weighted by Crippen LogP contribution is -2.17. The summed E-state index contributed by atoms with van der Waals surface area (Å²) in [6.45, 7) is 5.25. The lowest BCUT2D eigenvalue weighted by atomic mass is 10.3. The molecule has 1 N–H and O–H groups in total. The Morgan fingerprint density at radius 2 is 2.12 bits per heavy atom. The topological polar surface area (TPSA) is 42.7 Å². The van der Waals surface area contributed by atoms with Gasteiger partial charge in [-0.15, -0.1) is 5.10 Å². The number of fused-ring (bicyclic) bond motifs is 1. The van der Waals surface area contributed by atoms with Crippen LogP contribution in [0.5, 0.6) is 0 Å². The first-order chi connectivity index (χ1) is 7.92. The lowest BCUT2D eigenvalue weighted by molar-refractivity contribution is 0.540. The van der Waals surface area contributed by atoms with E-state index in [2.05, 4.69) is 28.6 Å². The van der Waals surface area contributed by atoms with Gasteiger partial charge in [-0.3, -0.25) is 0 Å². The molecule has 0 unspecified atom stereocenters. The fourth-order valence-electron chi connectivity index (χ4n) is 1.74. The lowest BCUT2D eigenvalue weighted by Gasteiger charge is -2.03. The maximum atomic E-state index is 4.15. The van der Waals surface area contributed by atoms with Crippen molar-refractivity contribution in [2.45, 2.75) is 26.3 Å².